The Balaban J connectivity index is 1.34. The Morgan fingerprint density at radius 2 is 2.18 bits per heavy atom. The second kappa shape index (κ2) is 7.81. The fourth-order valence-corrected chi connectivity index (χ4v) is 3.25. The van der Waals surface area contributed by atoms with Crippen molar-refractivity contribution in [3.05, 3.63) is 54.4 Å². The van der Waals surface area contributed by atoms with Crippen molar-refractivity contribution >= 4 is 5.91 Å². The van der Waals surface area contributed by atoms with Crippen molar-refractivity contribution in [3.63, 3.8) is 0 Å². The third-order valence-electron chi connectivity index (χ3n) is 4.91. The molecule has 0 N–H and O–H groups in total. The minimum Gasteiger partial charge on any atom is -0.486 e. The van der Waals surface area contributed by atoms with E-state index in [0.29, 0.717) is 17.2 Å². The summed E-state index contributed by atoms with van der Waals surface area (Å²) in [6, 6.07) is 9.28. The predicted molar refractivity (Wildman–Crippen MR) is 100 cm³/mol. The van der Waals surface area contributed by atoms with Gasteiger partial charge in [0, 0.05) is 25.7 Å². The fraction of sp³-hybridized carbons (Fsp3) is 0.368. The number of carbonyl (C=O) groups is 1. The van der Waals surface area contributed by atoms with E-state index < -0.39 is 0 Å². The lowest BCUT2D eigenvalue weighted by molar-refractivity contribution is 0.0727. The zero-order valence-corrected chi connectivity index (χ0v) is 15.9. The molecule has 1 amide bonds. The van der Waals surface area contributed by atoms with Crippen molar-refractivity contribution in [3.8, 4) is 11.4 Å². The highest BCUT2D eigenvalue weighted by molar-refractivity contribution is 5.92. The van der Waals surface area contributed by atoms with Crippen LogP contribution in [0.15, 0.2) is 47.5 Å². The monoisotopic (exact) mass is 382 g/mol. The highest BCUT2D eigenvalue weighted by Crippen LogP contribution is 2.18. The maximum Gasteiger partial charge on any atom is 0.276 e. The maximum atomic E-state index is 12.6. The Morgan fingerprint density at radius 3 is 2.86 bits per heavy atom. The van der Waals surface area contributed by atoms with Gasteiger partial charge in [-0.3, -0.25) is 4.79 Å². The third kappa shape index (κ3) is 3.89. The van der Waals surface area contributed by atoms with Crippen LogP contribution < -0.4 is 4.74 Å². The molecule has 0 spiro atoms. The van der Waals surface area contributed by atoms with E-state index in [1.807, 2.05) is 31.3 Å². The summed E-state index contributed by atoms with van der Waals surface area (Å²) in [5.74, 6) is 1.05. The van der Waals surface area contributed by atoms with Crippen LogP contribution in [0.3, 0.4) is 0 Å². The first kappa shape index (κ1) is 18.2. The van der Waals surface area contributed by atoms with E-state index in [-0.39, 0.29) is 18.6 Å². The lowest BCUT2D eigenvalue weighted by atomic mass is 10.2. The number of ether oxygens (including phenoxy) is 1. The van der Waals surface area contributed by atoms with Crippen LogP contribution in [0.4, 0.5) is 0 Å². The Hall–Kier alpha value is -3.20. The van der Waals surface area contributed by atoms with Gasteiger partial charge < -0.3 is 19.1 Å². The Morgan fingerprint density at radius 1 is 1.36 bits per heavy atom. The number of likely N-dealkylation sites (tertiary alicyclic amines) is 1. The number of rotatable bonds is 6. The number of likely N-dealkylation sites (N-methyl/N-ethyl adjacent to an activating group) is 2. The van der Waals surface area contributed by atoms with E-state index in [2.05, 4.69) is 27.2 Å². The number of benzene rings is 1. The van der Waals surface area contributed by atoms with Crippen LogP contribution in [0.1, 0.15) is 22.7 Å². The molecule has 9 nitrogen and oxygen atoms in total. The molecule has 1 aliphatic heterocycles. The van der Waals surface area contributed by atoms with Gasteiger partial charge in [-0.15, -0.1) is 0 Å². The molecule has 0 saturated carbocycles. The molecule has 2 aromatic heterocycles. The average Bonchev–Trinajstić information content (AvgIpc) is 3.47. The van der Waals surface area contributed by atoms with Crippen LogP contribution in [0.5, 0.6) is 5.75 Å². The second-order valence-corrected chi connectivity index (χ2v) is 6.92. The number of hydrogen-bond donors (Lipinski definition) is 0. The van der Waals surface area contributed by atoms with Gasteiger partial charge in [0.2, 0.25) is 0 Å². The van der Waals surface area contributed by atoms with Crippen molar-refractivity contribution in [2.45, 2.75) is 19.1 Å². The van der Waals surface area contributed by atoms with Crippen LogP contribution in [-0.2, 0) is 6.61 Å². The molecule has 0 bridgehead atoms. The van der Waals surface area contributed by atoms with Gasteiger partial charge in [-0.05, 0) is 44.3 Å². The summed E-state index contributed by atoms with van der Waals surface area (Å²) in [6.07, 6.45) is 4.08. The van der Waals surface area contributed by atoms with Crippen molar-refractivity contribution in [1.29, 1.82) is 0 Å². The van der Waals surface area contributed by atoms with Gasteiger partial charge in [-0.25, -0.2) is 9.67 Å². The Labute approximate surface area is 162 Å². The van der Waals surface area contributed by atoms with E-state index in [1.165, 1.54) is 6.33 Å². The topological polar surface area (TPSA) is 89.5 Å². The Bertz CT molecular complexity index is 922. The van der Waals surface area contributed by atoms with E-state index in [4.69, 9.17) is 9.26 Å². The molecule has 3 heterocycles. The molecule has 1 aromatic carbocycles. The molecule has 1 fully saturated rings. The van der Waals surface area contributed by atoms with Gasteiger partial charge in [0.1, 0.15) is 25.0 Å². The molecule has 3 aromatic rings. The van der Waals surface area contributed by atoms with Gasteiger partial charge in [-0.1, -0.05) is 5.16 Å². The van der Waals surface area contributed by atoms with Crippen LogP contribution in [0.25, 0.3) is 5.69 Å². The molecular formula is C19H22N6O3. The zero-order chi connectivity index (χ0) is 19.5. The quantitative estimate of drug-likeness (QED) is 0.640. The van der Waals surface area contributed by atoms with E-state index in [9.17, 15) is 4.79 Å². The van der Waals surface area contributed by atoms with Crippen molar-refractivity contribution < 1.29 is 14.1 Å². The predicted octanol–water partition coefficient (Wildman–Crippen LogP) is 1.61. The van der Waals surface area contributed by atoms with Crippen molar-refractivity contribution in [2.24, 2.45) is 0 Å². The first-order valence-electron chi connectivity index (χ1n) is 9.09. The highest BCUT2D eigenvalue weighted by atomic mass is 16.5. The molecule has 1 aliphatic rings. The molecule has 0 radical (unpaired) electrons. The van der Waals surface area contributed by atoms with Crippen molar-refractivity contribution in [2.75, 3.05) is 27.2 Å². The summed E-state index contributed by atoms with van der Waals surface area (Å²) in [7, 11) is 3.87. The average molecular weight is 382 g/mol. The van der Waals surface area contributed by atoms with Crippen LogP contribution in [0.2, 0.25) is 0 Å². The summed E-state index contributed by atoms with van der Waals surface area (Å²) in [5, 5.41) is 7.99. The molecule has 4 rings (SSSR count). The van der Waals surface area contributed by atoms with Gasteiger partial charge >= 0.3 is 0 Å². The zero-order valence-electron chi connectivity index (χ0n) is 15.9. The number of aromatic nitrogens is 4. The van der Waals surface area contributed by atoms with E-state index >= 15 is 0 Å². The minimum atomic E-state index is -0.132. The summed E-state index contributed by atoms with van der Waals surface area (Å²) >= 11 is 0. The summed E-state index contributed by atoms with van der Waals surface area (Å²) in [6.45, 7) is 2.06. The maximum absolute atomic E-state index is 12.6. The first-order chi connectivity index (χ1) is 13.6. The van der Waals surface area contributed by atoms with E-state index in [0.717, 1.165) is 25.2 Å². The molecule has 1 atom stereocenters. The minimum absolute atomic E-state index is 0.132. The molecule has 28 heavy (non-hydrogen) atoms. The number of hydrogen-bond acceptors (Lipinski definition) is 7. The van der Waals surface area contributed by atoms with E-state index in [1.54, 1.807) is 22.0 Å². The summed E-state index contributed by atoms with van der Waals surface area (Å²) < 4.78 is 12.7. The number of nitrogens with zero attached hydrogens (tertiary/aromatic N) is 6. The smallest absolute Gasteiger partial charge is 0.276 e. The standard InChI is InChI=1S/C19H22N6O3/c1-23-8-7-15(10-23)24(2)19(26)18-9-17(28-22-18)11-27-16-5-3-14(4-6-16)25-13-20-12-21-25/h3-6,9,12-13,15H,7-8,10-11H2,1-2H3. The molecule has 9 heteroatoms. The van der Waals surface area contributed by atoms with Gasteiger partial charge in [-0.2, -0.15) is 5.10 Å². The van der Waals surface area contributed by atoms with Crippen LogP contribution in [-0.4, -0.2) is 68.9 Å². The molecule has 1 unspecified atom stereocenters. The normalized spacial score (nSPS) is 17.0. The molecular weight excluding hydrogens is 360 g/mol. The largest absolute Gasteiger partial charge is 0.486 e. The fourth-order valence-electron chi connectivity index (χ4n) is 3.25. The molecule has 146 valence electrons. The lowest BCUT2D eigenvalue weighted by Crippen LogP contribution is -2.38. The molecule has 0 aliphatic carbocycles. The number of amides is 1. The summed E-state index contributed by atoms with van der Waals surface area (Å²) in [5.41, 5.74) is 1.19. The van der Waals surface area contributed by atoms with Crippen LogP contribution >= 0.6 is 0 Å². The SMILES string of the molecule is CN1CCC(N(C)C(=O)c2cc(COc3ccc(-n4cncn4)cc3)on2)C1. The van der Waals surface area contributed by atoms with Gasteiger partial charge in [0.15, 0.2) is 11.5 Å². The van der Waals surface area contributed by atoms with Crippen LogP contribution in [0, 0.1) is 0 Å². The molecule has 1 saturated heterocycles. The third-order valence-corrected chi connectivity index (χ3v) is 4.91. The lowest BCUT2D eigenvalue weighted by Gasteiger charge is -2.23. The summed E-state index contributed by atoms with van der Waals surface area (Å²) in [4.78, 5) is 20.5. The van der Waals surface area contributed by atoms with Gasteiger partial charge in [0.05, 0.1) is 5.69 Å². The van der Waals surface area contributed by atoms with Crippen molar-refractivity contribution in [1.82, 2.24) is 29.7 Å². The first-order valence-corrected chi connectivity index (χ1v) is 9.09. The highest BCUT2D eigenvalue weighted by Gasteiger charge is 2.28. The second-order valence-electron chi connectivity index (χ2n) is 6.92. The number of carbonyl (C=O) groups excluding carboxylic acids is 1. The Kier molecular flexibility index (Phi) is 5.07. The van der Waals surface area contributed by atoms with Gasteiger partial charge in [0.25, 0.3) is 5.91 Å².